The van der Waals surface area contributed by atoms with Crippen molar-refractivity contribution < 1.29 is 24.5 Å². The van der Waals surface area contributed by atoms with E-state index in [1.165, 1.54) is 0 Å². The van der Waals surface area contributed by atoms with Gasteiger partial charge in [-0.1, -0.05) is 26.2 Å². The molecule has 2 unspecified atom stereocenters. The Morgan fingerprint density at radius 2 is 2.16 bits per heavy atom. The number of aliphatic hydroxyl groups excluding tert-OH is 1. The minimum Gasteiger partial charge on any atom is -0.394 e. The number of carbonyl (C=O) groups excluding carboxylic acids is 2. The summed E-state index contributed by atoms with van der Waals surface area (Å²) in [6.07, 6.45) is 4.58. The maximum Gasteiger partial charge on any atom is 0.251 e. The van der Waals surface area contributed by atoms with E-state index in [2.05, 4.69) is 17.2 Å². The second-order valence-corrected chi connectivity index (χ2v) is 8.48. The van der Waals surface area contributed by atoms with Crippen molar-refractivity contribution in [2.75, 3.05) is 6.61 Å². The summed E-state index contributed by atoms with van der Waals surface area (Å²) < 4.78 is 0. The van der Waals surface area contributed by atoms with E-state index in [0.717, 1.165) is 42.5 Å². The number of hydrogen-bond donors (Lipinski definition) is 3. The molecule has 2 aliphatic rings. The Morgan fingerprint density at radius 3 is 2.84 bits per heavy atom. The Labute approximate surface area is 182 Å². The topological polar surface area (TPSA) is 126 Å². The second-order valence-electron chi connectivity index (χ2n) is 8.48. The number of benzene rings is 1. The van der Waals surface area contributed by atoms with Crippen LogP contribution in [0.1, 0.15) is 63.5 Å². The van der Waals surface area contributed by atoms with Gasteiger partial charge in [-0.3, -0.25) is 14.9 Å². The van der Waals surface area contributed by atoms with Gasteiger partial charge in [0.05, 0.1) is 12.3 Å². The molecule has 4 N–H and O–H groups in total. The molecule has 2 amide bonds. The zero-order valence-corrected chi connectivity index (χ0v) is 18.4. The number of nitrogens with zero attached hydrogens (tertiary/aromatic N) is 2. The summed E-state index contributed by atoms with van der Waals surface area (Å²) in [4.78, 5) is 41.2. The highest BCUT2D eigenvalue weighted by molar-refractivity contribution is 6.07. The Bertz CT molecular complexity index is 872. The molecule has 0 bridgehead atoms. The molecule has 0 aliphatic carbocycles. The molecule has 0 saturated carbocycles. The number of hydrogen-bond acceptors (Lipinski definition) is 7. The molecule has 170 valence electrons. The van der Waals surface area contributed by atoms with Crippen molar-refractivity contribution in [2.24, 2.45) is 10.7 Å². The molecule has 0 aromatic heterocycles. The average Bonchev–Trinajstić information content (AvgIpc) is 3.05. The number of guanidine groups is 1. The number of nitrogens with two attached hydrogens (primary N) is 1. The molecule has 9 nitrogen and oxygen atoms in total. The van der Waals surface area contributed by atoms with Gasteiger partial charge in [0.15, 0.2) is 5.75 Å². The lowest BCUT2D eigenvalue weighted by molar-refractivity contribution is -0.291. The van der Waals surface area contributed by atoms with Gasteiger partial charge >= 0.3 is 0 Å². The lowest BCUT2D eigenvalue weighted by Crippen LogP contribution is -2.39. The molecule has 0 spiro atoms. The molecule has 2 aliphatic heterocycles. The number of unbranched alkanes of at least 4 members (excludes halogenated alkanes) is 2. The molecule has 3 rings (SSSR count). The number of aliphatic hydroxyl groups is 1. The van der Waals surface area contributed by atoms with E-state index in [1.807, 2.05) is 19.9 Å². The first-order valence-corrected chi connectivity index (χ1v) is 10.8. The quantitative estimate of drug-likeness (QED) is 0.280. The third kappa shape index (κ3) is 5.16. The van der Waals surface area contributed by atoms with Crippen molar-refractivity contribution in [1.29, 1.82) is 0 Å². The van der Waals surface area contributed by atoms with Crippen LogP contribution in [-0.4, -0.2) is 46.0 Å². The smallest absolute Gasteiger partial charge is 0.251 e. The van der Waals surface area contributed by atoms with Crippen LogP contribution in [0.4, 0.5) is 5.69 Å². The first-order valence-electron chi connectivity index (χ1n) is 10.8. The number of carbonyl (C=O) groups is 2. The van der Waals surface area contributed by atoms with Gasteiger partial charge in [0, 0.05) is 24.1 Å². The largest absolute Gasteiger partial charge is 0.394 e. The summed E-state index contributed by atoms with van der Waals surface area (Å²) in [6, 6.07) is 2.96. The summed E-state index contributed by atoms with van der Waals surface area (Å²) in [5.41, 5.74) is 7.21. The average molecular weight is 433 g/mol. The molecule has 1 aromatic rings. The van der Waals surface area contributed by atoms with Gasteiger partial charge in [-0.05, 0) is 38.8 Å². The normalized spacial score (nSPS) is 19.2. The van der Waals surface area contributed by atoms with Gasteiger partial charge in [-0.2, -0.15) is 4.89 Å². The maximum atomic E-state index is 12.0. The monoisotopic (exact) mass is 432 g/mol. The summed E-state index contributed by atoms with van der Waals surface area (Å²) in [5, 5.41) is 12.3. The fourth-order valence-electron chi connectivity index (χ4n) is 3.90. The molecule has 2 atom stereocenters. The molecule has 31 heavy (non-hydrogen) atoms. The van der Waals surface area contributed by atoms with Crippen LogP contribution >= 0.6 is 0 Å². The maximum absolute atomic E-state index is 12.0. The van der Waals surface area contributed by atoms with E-state index in [4.69, 9.17) is 15.5 Å². The van der Waals surface area contributed by atoms with Crippen molar-refractivity contribution in [2.45, 2.75) is 77.5 Å². The van der Waals surface area contributed by atoms with Gasteiger partial charge in [-0.15, -0.1) is 0 Å². The van der Waals surface area contributed by atoms with Gasteiger partial charge < -0.3 is 20.6 Å². The zero-order chi connectivity index (χ0) is 22.6. The van der Waals surface area contributed by atoms with Gasteiger partial charge in [-0.25, -0.2) is 4.99 Å². The summed E-state index contributed by atoms with van der Waals surface area (Å²) in [7, 11) is 0. The first-order chi connectivity index (χ1) is 14.8. The zero-order valence-electron chi connectivity index (χ0n) is 18.4. The second kappa shape index (κ2) is 9.65. The number of rotatable bonds is 11. The molecule has 9 heteroatoms. The van der Waals surface area contributed by atoms with E-state index < -0.39 is 11.6 Å². The number of nitrogens with one attached hydrogen (secondary N) is 1. The highest BCUT2D eigenvalue weighted by Crippen LogP contribution is 2.36. The van der Waals surface area contributed by atoms with E-state index in [0.29, 0.717) is 24.7 Å². The molecular formula is C22H32N4O5. The molecule has 1 fully saturated rings. The minimum absolute atomic E-state index is 0.227. The van der Waals surface area contributed by atoms with Crippen molar-refractivity contribution in [3.63, 3.8) is 0 Å². The third-order valence-corrected chi connectivity index (χ3v) is 5.98. The van der Waals surface area contributed by atoms with Gasteiger partial charge in [0.1, 0.15) is 11.6 Å². The molecular weight excluding hydrogens is 400 g/mol. The van der Waals surface area contributed by atoms with E-state index in [1.54, 1.807) is 11.0 Å². The van der Waals surface area contributed by atoms with Gasteiger partial charge in [0.2, 0.25) is 11.9 Å². The van der Waals surface area contributed by atoms with Gasteiger partial charge in [0.25, 0.3) is 5.91 Å². The summed E-state index contributed by atoms with van der Waals surface area (Å²) in [5.74, 6) is 0.382. The molecule has 1 aromatic carbocycles. The Morgan fingerprint density at radius 1 is 1.39 bits per heavy atom. The van der Waals surface area contributed by atoms with E-state index in [9.17, 15) is 14.7 Å². The first kappa shape index (κ1) is 23.0. The van der Waals surface area contributed by atoms with E-state index in [-0.39, 0.29) is 24.8 Å². The summed E-state index contributed by atoms with van der Waals surface area (Å²) >= 11 is 0. The minimum atomic E-state index is -0.650. The highest BCUT2D eigenvalue weighted by atomic mass is 17.2. The number of fused-ring (bicyclic) bond motifs is 2. The lowest BCUT2D eigenvalue weighted by atomic mass is 9.93. The Hall–Kier alpha value is -2.65. The van der Waals surface area contributed by atoms with Crippen LogP contribution in [-0.2, 0) is 21.0 Å². The van der Waals surface area contributed by atoms with Crippen LogP contribution < -0.4 is 15.9 Å². The number of primary amides is 1. The lowest BCUT2D eigenvalue weighted by Gasteiger charge is -2.30. The van der Waals surface area contributed by atoms with Crippen LogP contribution in [0.3, 0.4) is 0 Å². The number of amides is 2. The van der Waals surface area contributed by atoms with Crippen molar-refractivity contribution in [3.8, 4) is 5.75 Å². The Kier molecular flexibility index (Phi) is 7.17. The van der Waals surface area contributed by atoms with E-state index >= 15 is 0 Å². The van der Waals surface area contributed by atoms with Crippen LogP contribution in [0.15, 0.2) is 17.1 Å². The fourth-order valence-corrected chi connectivity index (χ4v) is 3.90. The molecule has 0 radical (unpaired) electrons. The van der Waals surface area contributed by atoms with Crippen LogP contribution in [0.5, 0.6) is 5.75 Å². The SMILES string of the molecule is CCCCCC(C)(CCC(N)=O)OOc1ccc2c(c1C)CN1C(=N2)NC(=O)C1CO. The van der Waals surface area contributed by atoms with Crippen LogP contribution in [0, 0.1) is 6.92 Å². The number of aliphatic imine (C=N–C) groups is 1. The van der Waals surface area contributed by atoms with Crippen molar-refractivity contribution in [1.82, 2.24) is 10.2 Å². The standard InChI is InChI=1S/C22H32N4O5/c1-4-5-6-10-22(3,11-9-19(23)28)31-30-18-8-7-16-15(14(18)2)12-26-17(13-27)20(29)25-21(26)24-16/h7-8,17,27H,4-6,9-13H2,1-3H3,(H2,23,28)(H,24,25,29). The predicted octanol–water partition coefficient (Wildman–Crippen LogP) is 2.20. The van der Waals surface area contributed by atoms with Crippen LogP contribution in [0.2, 0.25) is 0 Å². The molecule has 2 heterocycles. The highest BCUT2D eigenvalue weighted by Gasteiger charge is 2.39. The Balaban J connectivity index is 1.75. The predicted molar refractivity (Wildman–Crippen MR) is 116 cm³/mol. The van der Waals surface area contributed by atoms with Crippen molar-refractivity contribution >= 4 is 23.5 Å². The van der Waals surface area contributed by atoms with Crippen molar-refractivity contribution in [3.05, 3.63) is 23.3 Å². The third-order valence-electron chi connectivity index (χ3n) is 5.98. The summed E-state index contributed by atoms with van der Waals surface area (Å²) in [6.45, 7) is 6.12. The molecule has 1 saturated heterocycles. The van der Waals surface area contributed by atoms with Crippen LogP contribution in [0.25, 0.3) is 0 Å². The fraction of sp³-hybridized carbons (Fsp3) is 0.591.